The fraction of sp³-hybridized carbons (Fsp3) is 0.333. The van der Waals surface area contributed by atoms with E-state index in [1.807, 2.05) is 37.5 Å². The molecule has 2 aromatic heterocycles. The van der Waals surface area contributed by atoms with Crippen LogP contribution < -0.4 is 4.74 Å². The molecule has 0 bridgehead atoms. The van der Waals surface area contributed by atoms with Crippen molar-refractivity contribution in [3.8, 4) is 11.4 Å². The summed E-state index contributed by atoms with van der Waals surface area (Å²) in [4.78, 5) is 0. The summed E-state index contributed by atoms with van der Waals surface area (Å²) in [6.07, 6.45) is 5.79. The Balaban J connectivity index is 1.68. The molecule has 8 heteroatoms. The molecular weight excluding hydrogens is 312 g/mol. The molecule has 0 saturated heterocycles. The zero-order valence-electron chi connectivity index (χ0n) is 13.1. The topological polar surface area (TPSA) is 81.5 Å². The third kappa shape index (κ3) is 3.70. The third-order valence-corrected chi connectivity index (χ3v) is 4.40. The SMILES string of the molecule is COc1ccc(C)cc1-n1nnnc1SCCCc1cn[nH]c1. The van der Waals surface area contributed by atoms with Gasteiger partial charge in [-0.15, -0.1) is 5.10 Å². The van der Waals surface area contributed by atoms with Crippen molar-refractivity contribution in [3.05, 3.63) is 41.7 Å². The molecule has 0 fully saturated rings. The van der Waals surface area contributed by atoms with Gasteiger partial charge < -0.3 is 4.74 Å². The van der Waals surface area contributed by atoms with Crippen LogP contribution >= 0.6 is 11.8 Å². The highest BCUT2D eigenvalue weighted by atomic mass is 32.2. The lowest BCUT2D eigenvalue weighted by Crippen LogP contribution is -2.03. The second-order valence-corrected chi connectivity index (χ2v) is 6.17. The Morgan fingerprint density at radius 2 is 2.26 bits per heavy atom. The number of rotatable bonds is 7. The molecule has 0 unspecified atom stereocenters. The van der Waals surface area contributed by atoms with Crippen LogP contribution in [-0.2, 0) is 6.42 Å². The smallest absolute Gasteiger partial charge is 0.214 e. The molecule has 7 nitrogen and oxygen atoms in total. The number of H-pyrrole nitrogens is 1. The summed E-state index contributed by atoms with van der Waals surface area (Å²) in [7, 11) is 1.65. The standard InChI is InChI=1S/C15H18N6OS/c1-11-5-6-14(22-2)13(8-11)21-15(18-19-20-21)23-7-3-4-12-9-16-17-10-12/h5-6,8-10H,3-4,7H2,1-2H3,(H,16,17). The van der Waals surface area contributed by atoms with Crippen LogP contribution in [0.2, 0.25) is 0 Å². The number of nitrogens with one attached hydrogen (secondary N) is 1. The number of tetrazole rings is 1. The monoisotopic (exact) mass is 330 g/mol. The summed E-state index contributed by atoms with van der Waals surface area (Å²) in [5, 5.41) is 19.6. The predicted octanol–water partition coefficient (Wildman–Crippen LogP) is 2.43. The number of nitrogens with zero attached hydrogens (tertiary/aromatic N) is 5. The number of hydrogen-bond acceptors (Lipinski definition) is 6. The summed E-state index contributed by atoms with van der Waals surface area (Å²) < 4.78 is 7.15. The lowest BCUT2D eigenvalue weighted by molar-refractivity contribution is 0.410. The van der Waals surface area contributed by atoms with E-state index in [0.717, 1.165) is 40.8 Å². The first-order valence-electron chi connectivity index (χ1n) is 7.32. The number of ether oxygens (including phenoxy) is 1. The minimum absolute atomic E-state index is 0.753. The van der Waals surface area contributed by atoms with Crippen molar-refractivity contribution in [2.75, 3.05) is 12.9 Å². The summed E-state index contributed by atoms with van der Waals surface area (Å²) >= 11 is 1.64. The molecule has 0 atom stereocenters. The van der Waals surface area contributed by atoms with E-state index in [1.165, 1.54) is 5.56 Å². The normalized spacial score (nSPS) is 10.9. The van der Waals surface area contributed by atoms with Gasteiger partial charge in [0.2, 0.25) is 5.16 Å². The molecule has 23 heavy (non-hydrogen) atoms. The van der Waals surface area contributed by atoms with Gasteiger partial charge in [-0.1, -0.05) is 17.8 Å². The number of aromatic amines is 1. The van der Waals surface area contributed by atoms with E-state index in [-0.39, 0.29) is 0 Å². The Bertz CT molecular complexity index is 755. The van der Waals surface area contributed by atoms with Crippen molar-refractivity contribution >= 4 is 11.8 Å². The quantitative estimate of drug-likeness (QED) is 0.529. The fourth-order valence-corrected chi connectivity index (χ4v) is 3.06. The molecule has 1 aromatic carbocycles. The molecule has 0 aliphatic rings. The molecule has 0 amide bonds. The van der Waals surface area contributed by atoms with Gasteiger partial charge in [-0.2, -0.15) is 9.78 Å². The number of aromatic nitrogens is 6. The first kappa shape index (κ1) is 15.5. The molecule has 2 heterocycles. The second-order valence-electron chi connectivity index (χ2n) is 5.11. The van der Waals surface area contributed by atoms with E-state index < -0.39 is 0 Å². The second kappa shape index (κ2) is 7.28. The van der Waals surface area contributed by atoms with Gasteiger partial charge >= 0.3 is 0 Å². The van der Waals surface area contributed by atoms with Crippen LogP contribution in [0, 0.1) is 6.92 Å². The molecular formula is C15H18N6OS. The minimum atomic E-state index is 0.753. The average Bonchev–Trinajstić information content (AvgIpc) is 3.23. The molecule has 120 valence electrons. The van der Waals surface area contributed by atoms with Crippen molar-refractivity contribution in [2.24, 2.45) is 0 Å². The van der Waals surface area contributed by atoms with Gasteiger partial charge in [0.25, 0.3) is 0 Å². The maximum absolute atomic E-state index is 5.42. The van der Waals surface area contributed by atoms with Crippen LogP contribution in [-0.4, -0.2) is 43.3 Å². The maximum atomic E-state index is 5.42. The van der Waals surface area contributed by atoms with E-state index >= 15 is 0 Å². The first-order valence-corrected chi connectivity index (χ1v) is 8.30. The molecule has 0 radical (unpaired) electrons. The van der Waals surface area contributed by atoms with Gasteiger partial charge in [0, 0.05) is 11.9 Å². The average molecular weight is 330 g/mol. The van der Waals surface area contributed by atoms with Gasteiger partial charge in [-0.3, -0.25) is 5.10 Å². The van der Waals surface area contributed by atoms with E-state index in [2.05, 4.69) is 25.7 Å². The zero-order chi connectivity index (χ0) is 16.1. The van der Waals surface area contributed by atoms with Gasteiger partial charge in [-0.25, -0.2) is 0 Å². The number of benzene rings is 1. The summed E-state index contributed by atoms with van der Waals surface area (Å²) in [5.41, 5.74) is 3.20. The lowest BCUT2D eigenvalue weighted by atomic mass is 10.2. The van der Waals surface area contributed by atoms with Crippen molar-refractivity contribution in [2.45, 2.75) is 24.9 Å². The van der Waals surface area contributed by atoms with Crippen molar-refractivity contribution in [3.63, 3.8) is 0 Å². The maximum Gasteiger partial charge on any atom is 0.214 e. The highest BCUT2D eigenvalue weighted by molar-refractivity contribution is 7.99. The fourth-order valence-electron chi connectivity index (χ4n) is 2.24. The minimum Gasteiger partial charge on any atom is -0.494 e. The number of methoxy groups -OCH3 is 1. The van der Waals surface area contributed by atoms with Gasteiger partial charge in [0.05, 0.1) is 13.3 Å². The highest BCUT2D eigenvalue weighted by Gasteiger charge is 2.13. The Hall–Kier alpha value is -2.35. The molecule has 3 rings (SSSR count). The third-order valence-electron chi connectivity index (χ3n) is 3.40. The zero-order valence-corrected chi connectivity index (χ0v) is 13.9. The number of aryl methyl sites for hydroxylation is 2. The molecule has 0 aliphatic heterocycles. The summed E-state index contributed by atoms with van der Waals surface area (Å²) in [6.45, 7) is 2.03. The Morgan fingerprint density at radius 1 is 1.35 bits per heavy atom. The molecule has 0 saturated carbocycles. The van der Waals surface area contributed by atoms with E-state index in [1.54, 1.807) is 23.6 Å². The van der Waals surface area contributed by atoms with Crippen molar-refractivity contribution in [1.82, 2.24) is 30.4 Å². The van der Waals surface area contributed by atoms with Crippen molar-refractivity contribution < 1.29 is 4.74 Å². The highest BCUT2D eigenvalue weighted by Crippen LogP contribution is 2.27. The van der Waals surface area contributed by atoms with Crippen LogP contribution in [0.4, 0.5) is 0 Å². The largest absolute Gasteiger partial charge is 0.494 e. The number of thioether (sulfide) groups is 1. The van der Waals surface area contributed by atoms with Crippen LogP contribution in [0.15, 0.2) is 35.7 Å². The molecule has 0 aliphatic carbocycles. The molecule has 3 aromatic rings. The molecule has 1 N–H and O–H groups in total. The molecule has 0 spiro atoms. The Morgan fingerprint density at radius 3 is 3.04 bits per heavy atom. The van der Waals surface area contributed by atoms with Gasteiger partial charge in [-0.05, 0) is 53.5 Å². The summed E-state index contributed by atoms with van der Waals surface area (Å²) in [6, 6.07) is 5.95. The van der Waals surface area contributed by atoms with E-state index in [4.69, 9.17) is 4.74 Å². The van der Waals surface area contributed by atoms with Gasteiger partial charge in [0.15, 0.2) is 0 Å². The summed E-state index contributed by atoms with van der Waals surface area (Å²) in [5.74, 6) is 1.68. The first-order chi connectivity index (χ1) is 11.3. The number of hydrogen-bond donors (Lipinski definition) is 1. The lowest BCUT2D eigenvalue weighted by Gasteiger charge is -2.10. The van der Waals surface area contributed by atoms with Crippen LogP contribution in [0.3, 0.4) is 0 Å². The Kier molecular flexibility index (Phi) is 4.92. The van der Waals surface area contributed by atoms with E-state index in [0.29, 0.717) is 0 Å². The Labute approximate surface area is 138 Å². The van der Waals surface area contributed by atoms with Gasteiger partial charge in [0.1, 0.15) is 11.4 Å². The van der Waals surface area contributed by atoms with Crippen LogP contribution in [0.5, 0.6) is 5.75 Å². The van der Waals surface area contributed by atoms with Crippen LogP contribution in [0.1, 0.15) is 17.5 Å². The van der Waals surface area contributed by atoms with E-state index in [9.17, 15) is 0 Å². The predicted molar refractivity (Wildman–Crippen MR) is 88.1 cm³/mol. The van der Waals surface area contributed by atoms with Crippen LogP contribution in [0.25, 0.3) is 5.69 Å². The van der Waals surface area contributed by atoms with Crippen molar-refractivity contribution in [1.29, 1.82) is 0 Å².